The summed E-state index contributed by atoms with van der Waals surface area (Å²) < 4.78 is 17.2. The van der Waals surface area contributed by atoms with Gasteiger partial charge in [0.15, 0.2) is 0 Å². The van der Waals surface area contributed by atoms with Crippen LogP contribution in [-0.4, -0.2) is 6.67 Å². The Bertz CT molecular complexity index is 227. The van der Waals surface area contributed by atoms with Crippen molar-refractivity contribution in [2.24, 2.45) is 5.73 Å². The molecule has 0 aliphatic heterocycles. The highest BCUT2D eigenvalue weighted by molar-refractivity contribution is 5.85. The lowest BCUT2D eigenvalue weighted by atomic mass is 10.3. The van der Waals surface area contributed by atoms with Gasteiger partial charge in [-0.2, -0.15) is 0 Å². The summed E-state index contributed by atoms with van der Waals surface area (Å²) in [6, 6.07) is 2.95. The normalized spacial score (nSPS) is 12.2. The van der Waals surface area contributed by atoms with E-state index >= 15 is 0 Å². The van der Waals surface area contributed by atoms with E-state index in [9.17, 15) is 4.39 Å². The summed E-state index contributed by atoms with van der Waals surface area (Å²) in [7, 11) is 0. The SMILES string of the molecule is CCc1ccc([C@@H](N)CF)o1.Cl. The van der Waals surface area contributed by atoms with Crippen LogP contribution in [0.15, 0.2) is 16.5 Å². The molecule has 0 aromatic carbocycles. The molecule has 1 atom stereocenters. The van der Waals surface area contributed by atoms with Gasteiger partial charge >= 0.3 is 0 Å². The predicted molar refractivity (Wildman–Crippen MR) is 48.2 cm³/mol. The molecule has 12 heavy (non-hydrogen) atoms. The number of alkyl halides is 1. The molecule has 0 aliphatic rings. The summed E-state index contributed by atoms with van der Waals surface area (Å²) in [5, 5.41) is 0. The van der Waals surface area contributed by atoms with E-state index in [1.54, 1.807) is 6.07 Å². The van der Waals surface area contributed by atoms with E-state index in [1.165, 1.54) is 0 Å². The molecule has 1 aromatic rings. The van der Waals surface area contributed by atoms with Gasteiger partial charge in [-0.25, -0.2) is 4.39 Å². The number of rotatable bonds is 3. The lowest BCUT2D eigenvalue weighted by Gasteiger charge is -2.00. The smallest absolute Gasteiger partial charge is 0.123 e. The minimum Gasteiger partial charge on any atom is -0.464 e. The lowest BCUT2D eigenvalue weighted by molar-refractivity contribution is 0.370. The second kappa shape index (κ2) is 5.17. The summed E-state index contributed by atoms with van der Waals surface area (Å²) in [5.74, 6) is 1.38. The Morgan fingerprint density at radius 1 is 1.58 bits per heavy atom. The highest BCUT2D eigenvalue weighted by Gasteiger charge is 2.08. The molecule has 1 rings (SSSR count). The summed E-state index contributed by atoms with van der Waals surface area (Å²) in [5.41, 5.74) is 5.39. The molecule has 0 bridgehead atoms. The average Bonchev–Trinajstić information content (AvgIpc) is 2.50. The van der Waals surface area contributed by atoms with Gasteiger partial charge in [-0.1, -0.05) is 6.92 Å². The van der Waals surface area contributed by atoms with Gasteiger partial charge in [-0.15, -0.1) is 12.4 Å². The number of hydrogen-bond acceptors (Lipinski definition) is 2. The second-order valence-corrected chi connectivity index (χ2v) is 2.42. The van der Waals surface area contributed by atoms with E-state index < -0.39 is 12.7 Å². The van der Waals surface area contributed by atoms with E-state index in [0.717, 1.165) is 12.2 Å². The summed E-state index contributed by atoms with van der Waals surface area (Å²) in [4.78, 5) is 0. The van der Waals surface area contributed by atoms with Crippen LogP contribution >= 0.6 is 12.4 Å². The fourth-order valence-corrected chi connectivity index (χ4v) is 0.860. The van der Waals surface area contributed by atoms with Crippen molar-refractivity contribution in [2.45, 2.75) is 19.4 Å². The van der Waals surface area contributed by atoms with E-state index in [0.29, 0.717) is 5.76 Å². The standard InChI is InChI=1S/C8H12FNO.ClH/c1-2-6-3-4-8(11-6)7(10)5-9;/h3-4,7H,2,5,10H2,1H3;1H/t7-;/m0./s1. The van der Waals surface area contributed by atoms with E-state index in [4.69, 9.17) is 10.2 Å². The molecule has 70 valence electrons. The molecule has 0 radical (unpaired) electrons. The fraction of sp³-hybridized carbons (Fsp3) is 0.500. The van der Waals surface area contributed by atoms with Crippen LogP contribution in [0.4, 0.5) is 4.39 Å². The van der Waals surface area contributed by atoms with Crippen LogP contribution in [0.3, 0.4) is 0 Å². The molecule has 2 N–H and O–H groups in total. The van der Waals surface area contributed by atoms with Crippen molar-refractivity contribution in [1.82, 2.24) is 0 Å². The van der Waals surface area contributed by atoms with Crippen molar-refractivity contribution in [3.63, 3.8) is 0 Å². The van der Waals surface area contributed by atoms with Crippen LogP contribution in [0.5, 0.6) is 0 Å². The highest BCUT2D eigenvalue weighted by atomic mass is 35.5. The van der Waals surface area contributed by atoms with Crippen molar-refractivity contribution in [3.05, 3.63) is 23.7 Å². The summed E-state index contributed by atoms with van der Waals surface area (Å²) in [6.45, 7) is 1.40. The van der Waals surface area contributed by atoms with Gasteiger partial charge in [-0.05, 0) is 12.1 Å². The quantitative estimate of drug-likeness (QED) is 0.800. The van der Waals surface area contributed by atoms with Crippen molar-refractivity contribution >= 4 is 12.4 Å². The van der Waals surface area contributed by atoms with Crippen LogP contribution in [0.2, 0.25) is 0 Å². The van der Waals surface area contributed by atoms with Crippen LogP contribution < -0.4 is 5.73 Å². The van der Waals surface area contributed by atoms with Gasteiger partial charge in [0.25, 0.3) is 0 Å². The van der Waals surface area contributed by atoms with Crippen LogP contribution in [-0.2, 0) is 6.42 Å². The molecule has 0 saturated carbocycles. The Hall–Kier alpha value is -0.540. The Morgan fingerprint density at radius 3 is 2.67 bits per heavy atom. The third kappa shape index (κ3) is 2.50. The number of hydrogen-bond donors (Lipinski definition) is 1. The first kappa shape index (κ1) is 11.5. The zero-order valence-electron chi connectivity index (χ0n) is 6.92. The number of aryl methyl sites for hydroxylation is 1. The zero-order valence-corrected chi connectivity index (χ0v) is 7.73. The topological polar surface area (TPSA) is 39.2 Å². The van der Waals surface area contributed by atoms with E-state index in [-0.39, 0.29) is 12.4 Å². The molecule has 0 amide bonds. The lowest BCUT2D eigenvalue weighted by Crippen LogP contribution is -2.10. The van der Waals surface area contributed by atoms with Gasteiger partial charge in [0.1, 0.15) is 18.2 Å². The van der Waals surface area contributed by atoms with Crippen LogP contribution in [0, 0.1) is 0 Å². The Labute approximate surface area is 77.3 Å². The molecular formula is C8H13ClFNO. The maximum atomic E-state index is 12.0. The number of halogens is 2. The first-order valence-corrected chi connectivity index (χ1v) is 3.68. The largest absolute Gasteiger partial charge is 0.464 e. The Kier molecular flexibility index (Phi) is 4.93. The third-order valence-electron chi connectivity index (χ3n) is 1.56. The van der Waals surface area contributed by atoms with Crippen molar-refractivity contribution < 1.29 is 8.81 Å². The first-order valence-electron chi connectivity index (χ1n) is 3.68. The molecule has 0 aliphatic carbocycles. The summed E-state index contributed by atoms with van der Waals surface area (Å²) in [6.07, 6.45) is 0.818. The van der Waals surface area contributed by atoms with Gasteiger partial charge in [0.05, 0.1) is 6.04 Å². The summed E-state index contributed by atoms with van der Waals surface area (Å²) >= 11 is 0. The van der Waals surface area contributed by atoms with Crippen LogP contribution in [0.1, 0.15) is 24.5 Å². The monoisotopic (exact) mass is 193 g/mol. The minimum atomic E-state index is -0.602. The zero-order chi connectivity index (χ0) is 8.27. The first-order chi connectivity index (χ1) is 5.27. The predicted octanol–water partition coefficient (Wildman–Crippen LogP) is 2.23. The maximum absolute atomic E-state index is 12.0. The second-order valence-electron chi connectivity index (χ2n) is 2.42. The average molecular weight is 194 g/mol. The molecule has 1 aromatic heterocycles. The molecule has 2 nitrogen and oxygen atoms in total. The molecular weight excluding hydrogens is 181 g/mol. The maximum Gasteiger partial charge on any atom is 0.123 e. The Morgan fingerprint density at radius 2 is 2.25 bits per heavy atom. The van der Waals surface area contributed by atoms with E-state index in [2.05, 4.69) is 0 Å². The van der Waals surface area contributed by atoms with Crippen molar-refractivity contribution in [2.75, 3.05) is 6.67 Å². The third-order valence-corrected chi connectivity index (χ3v) is 1.56. The molecule has 0 saturated heterocycles. The number of furan rings is 1. The highest BCUT2D eigenvalue weighted by Crippen LogP contribution is 2.14. The van der Waals surface area contributed by atoms with Gasteiger partial charge in [-0.3, -0.25) is 0 Å². The molecule has 0 fully saturated rings. The van der Waals surface area contributed by atoms with E-state index in [1.807, 2.05) is 13.0 Å². The molecule has 0 unspecified atom stereocenters. The van der Waals surface area contributed by atoms with Crippen molar-refractivity contribution in [1.29, 1.82) is 0 Å². The number of nitrogens with two attached hydrogens (primary N) is 1. The molecule has 1 heterocycles. The minimum absolute atomic E-state index is 0. The van der Waals surface area contributed by atoms with Gasteiger partial charge in [0.2, 0.25) is 0 Å². The fourth-order valence-electron chi connectivity index (χ4n) is 0.860. The van der Waals surface area contributed by atoms with Crippen LogP contribution in [0.25, 0.3) is 0 Å². The Balaban J connectivity index is 0.00000121. The molecule has 4 heteroatoms. The van der Waals surface area contributed by atoms with Gasteiger partial charge in [0, 0.05) is 6.42 Å². The van der Waals surface area contributed by atoms with Crippen molar-refractivity contribution in [3.8, 4) is 0 Å². The molecule has 0 spiro atoms. The van der Waals surface area contributed by atoms with Gasteiger partial charge < -0.3 is 10.2 Å².